The van der Waals surface area contributed by atoms with Gasteiger partial charge < -0.3 is 38.3 Å². The van der Waals surface area contributed by atoms with Crippen LogP contribution in [0.3, 0.4) is 0 Å². The molecule has 0 aliphatic carbocycles. The van der Waals surface area contributed by atoms with Crippen LogP contribution in [0.15, 0.2) is 0 Å². The fraction of sp³-hybridized carbons (Fsp3) is 1.00. The molecule has 1 saturated heterocycles. The Hall–Kier alpha value is 0.610. The van der Waals surface area contributed by atoms with Gasteiger partial charge in [0.05, 0.1) is 27.7 Å². The second-order valence-corrected chi connectivity index (χ2v) is 4.09. The predicted molar refractivity (Wildman–Crippen MR) is 43.0 cm³/mol. The summed E-state index contributed by atoms with van der Waals surface area (Å²) in [5.74, 6) is 0. The monoisotopic (exact) mass is 287 g/mol. The van der Waals surface area contributed by atoms with E-state index in [1.807, 2.05) is 0 Å². The van der Waals surface area contributed by atoms with Gasteiger partial charge in [-0.25, -0.2) is 0 Å². The van der Waals surface area contributed by atoms with Crippen LogP contribution >= 0.6 is 0 Å². The first-order valence-electron chi connectivity index (χ1n) is 4.12. The number of ether oxygens (including phenoxy) is 1. The number of rotatable bonds is 1. The molecule has 2 unspecified atom stereocenters. The van der Waals surface area contributed by atoms with Crippen LogP contribution in [-0.4, -0.2) is 49.7 Å². The molecule has 0 bridgehead atoms. The van der Waals surface area contributed by atoms with Gasteiger partial charge in [0.2, 0.25) is 6.29 Å². The fourth-order valence-electron chi connectivity index (χ4n) is 1.52. The number of quaternary nitrogens is 1. The van der Waals surface area contributed by atoms with Gasteiger partial charge in [-0.3, -0.25) is 0 Å². The van der Waals surface area contributed by atoms with Gasteiger partial charge in [0.1, 0.15) is 6.04 Å². The third kappa shape index (κ3) is 3.16. The number of likely N-dealkylation sites (N-methyl/N-ethyl adjacent to an activating group) is 1. The molecule has 1 heterocycles. The predicted octanol–water partition coefficient (Wildman–Crippen LogP) is -2.81. The van der Waals surface area contributed by atoms with Crippen LogP contribution < -0.4 is 24.0 Å². The zero-order valence-corrected chi connectivity index (χ0v) is 10.1. The molecular weight excluding hydrogens is 269 g/mol. The van der Waals surface area contributed by atoms with E-state index in [0.717, 1.165) is 17.3 Å². The summed E-state index contributed by atoms with van der Waals surface area (Å²) in [5, 5.41) is 9.47. The van der Waals surface area contributed by atoms with E-state index in [4.69, 9.17) is 4.74 Å². The molecule has 0 amide bonds. The maximum absolute atomic E-state index is 9.47. The van der Waals surface area contributed by atoms with Crippen LogP contribution in [0.2, 0.25) is 0 Å². The Balaban J connectivity index is 0.00000121. The van der Waals surface area contributed by atoms with E-state index in [2.05, 4.69) is 21.1 Å². The van der Waals surface area contributed by atoms with Crippen LogP contribution in [0.1, 0.15) is 12.8 Å². The van der Waals surface area contributed by atoms with E-state index in [1.165, 1.54) is 0 Å². The number of hydrogen-bond acceptors (Lipinski definition) is 2. The summed E-state index contributed by atoms with van der Waals surface area (Å²) in [5.41, 5.74) is 0. The van der Waals surface area contributed by atoms with Crippen LogP contribution in [0.4, 0.5) is 0 Å². The Morgan fingerprint density at radius 2 is 1.92 bits per heavy atom. The smallest absolute Gasteiger partial charge is 0.208 e. The van der Waals surface area contributed by atoms with E-state index in [9.17, 15) is 5.11 Å². The maximum atomic E-state index is 9.47. The average Bonchev–Trinajstić information content (AvgIpc) is 1.86. The molecule has 1 N–H and O–H groups in total. The summed E-state index contributed by atoms with van der Waals surface area (Å²) in [7, 11) is 6.26. The molecule has 1 rings (SSSR count). The molecule has 0 saturated carbocycles. The number of aliphatic hydroxyl groups excluding tert-OH is 1. The van der Waals surface area contributed by atoms with Crippen molar-refractivity contribution < 1.29 is 38.3 Å². The van der Waals surface area contributed by atoms with Crippen molar-refractivity contribution in [3.63, 3.8) is 0 Å². The zero-order valence-electron chi connectivity index (χ0n) is 7.96. The van der Waals surface area contributed by atoms with Crippen molar-refractivity contribution in [3.05, 3.63) is 0 Å². The second-order valence-electron chi connectivity index (χ2n) is 4.09. The van der Waals surface area contributed by atoms with E-state index < -0.39 is 6.29 Å². The molecule has 1 aliphatic heterocycles. The Labute approximate surface area is 91.3 Å². The normalized spacial score (nSPS) is 31.0. The summed E-state index contributed by atoms with van der Waals surface area (Å²) in [6, 6.07) is 0.240. The Bertz CT molecular complexity index is 136. The lowest BCUT2D eigenvalue weighted by molar-refractivity contribution is -0.904. The molecule has 0 aromatic heterocycles. The van der Waals surface area contributed by atoms with Crippen molar-refractivity contribution >= 4 is 0 Å². The highest BCUT2D eigenvalue weighted by Crippen LogP contribution is 2.19. The van der Waals surface area contributed by atoms with Gasteiger partial charge in [-0.05, 0) is 6.42 Å². The summed E-state index contributed by atoms with van der Waals surface area (Å²) in [6.07, 6.45) is 1.56. The Morgan fingerprint density at radius 3 is 2.25 bits per heavy atom. The second kappa shape index (κ2) is 4.74. The molecule has 0 radical (unpaired) electrons. The average molecular weight is 287 g/mol. The molecule has 4 heteroatoms. The van der Waals surface area contributed by atoms with Crippen molar-refractivity contribution in [1.82, 2.24) is 0 Å². The summed E-state index contributed by atoms with van der Waals surface area (Å²) >= 11 is 0. The van der Waals surface area contributed by atoms with Gasteiger partial charge in [-0.15, -0.1) is 0 Å². The van der Waals surface area contributed by atoms with E-state index >= 15 is 0 Å². The lowest BCUT2D eigenvalue weighted by Gasteiger charge is -2.39. The highest BCUT2D eigenvalue weighted by molar-refractivity contribution is 4.65. The molecular formula is C8H18INO2. The molecule has 12 heavy (non-hydrogen) atoms. The zero-order chi connectivity index (χ0) is 8.48. The van der Waals surface area contributed by atoms with Crippen LogP contribution in [0.25, 0.3) is 0 Å². The summed E-state index contributed by atoms with van der Waals surface area (Å²) < 4.78 is 5.94. The van der Waals surface area contributed by atoms with Crippen molar-refractivity contribution in [3.8, 4) is 0 Å². The van der Waals surface area contributed by atoms with Crippen LogP contribution in [0.5, 0.6) is 0 Å². The molecule has 74 valence electrons. The molecule has 0 spiro atoms. The first kappa shape index (κ1) is 12.6. The highest BCUT2D eigenvalue weighted by atomic mass is 127. The third-order valence-corrected chi connectivity index (χ3v) is 2.26. The maximum Gasteiger partial charge on any atom is 0.208 e. The van der Waals surface area contributed by atoms with Gasteiger partial charge >= 0.3 is 0 Å². The van der Waals surface area contributed by atoms with Crippen molar-refractivity contribution in [2.24, 2.45) is 0 Å². The first-order chi connectivity index (χ1) is 5.02. The third-order valence-electron chi connectivity index (χ3n) is 2.26. The standard InChI is InChI=1S/C8H18NO2.HI/c1-9(2,3)7-5-4-6-11-8(7)10;/h7-8,10H,4-6H2,1-3H3;1H/q+1;/p-1. The van der Waals surface area contributed by atoms with E-state index in [1.54, 1.807) is 0 Å². The molecule has 0 aromatic carbocycles. The van der Waals surface area contributed by atoms with Crippen molar-refractivity contribution in [2.45, 2.75) is 25.2 Å². The van der Waals surface area contributed by atoms with Gasteiger partial charge in [-0.1, -0.05) is 0 Å². The quantitative estimate of drug-likeness (QED) is 0.417. The van der Waals surface area contributed by atoms with E-state index in [-0.39, 0.29) is 30.0 Å². The van der Waals surface area contributed by atoms with Gasteiger partial charge in [-0.2, -0.15) is 0 Å². The molecule has 1 aliphatic rings. The minimum atomic E-state index is -0.566. The highest BCUT2D eigenvalue weighted by Gasteiger charge is 2.34. The molecule has 2 atom stereocenters. The minimum Gasteiger partial charge on any atom is -1.00 e. The van der Waals surface area contributed by atoms with Crippen LogP contribution in [-0.2, 0) is 4.74 Å². The largest absolute Gasteiger partial charge is 1.00 e. The molecule has 3 nitrogen and oxygen atoms in total. The van der Waals surface area contributed by atoms with Crippen molar-refractivity contribution in [2.75, 3.05) is 27.7 Å². The topological polar surface area (TPSA) is 29.5 Å². The number of aliphatic hydroxyl groups is 1. The first-order valence-corrected chi connectivity index (χ1v) is 4.12. The Kier molecular flexibility index (Phi) is 4.98. The van der Waals surface area contributed by atoms with Gasteiger partial charge in [0.15, 0.2) is 0 Å². The number of hydrogen-bond donors (Lipinski definition) is 1. The number of halogens is 1. The number of nitrogens with zero attached hydrogens (tertiary/aromatic N) is 1. The Morgan fingerprint density at radius 1 is 1.33 bits per heavy atom. The summed E-state index contributed by atoms with van der Waals surface area (Å²) in [6.45, 7) is 0.706. The van der Waals surface area contributed by atoms with Gasteiger partial charge in [0.25, 0.3) is 0 Å². The lowest BCUT2D eigenvalue weighted by atomic mass is 10.1. The van der Waals surface area contributed by atoms with E-state index in [0.29, 0.717) is 6.61 Å². The fourth-order valence-corrected chi connectivity index (χ4v) is 1.52. The van der Waals surface area contributed by atoms with Gasteiger partial charge in [0, 0.05) is 6.42 Å². The SMILES string of the molecule is C[N+](C)(C)C1CCCOC1O.[I-]. The lowest BCUT2D eigenvalue weighted by Crippen LogP contribution is -3.00. The molecule has 0 aromatic rings. The van der Waals surface area contributed by atoms with Crippen molar-refractivity contribution in [1.29, 1.82) is 0 Å². The summed E-state index contributed by atoms with van der Waals surface area (Å²) in [4.78, 5) is 0. The van der Waals surface area contributed by atoms with Crippen LogP contribution in [0, 0.1) is 0 Å². The minimum absolute atomic E-state index is 0. The molecule has 1 fully saturated rings.